The van der Waals surface area contributed by atoms with Crippen LogP contribution in [0.5, 0.6) is 5.75 Å². The Balaban J connectivity index is 2.74. The molecule has 0 radical (unpaired) electrons. The predicted molar refractivity (Wildman–Crippen MR) is 67.9 cm³/mol. The lowest BCUT2D eigenvalue weighted by Crippen LogP contribution is -2.28. The van der Waals surface area contributed by atoms with Gasteiger partial charge in [-0.15, -0.1) is 0 Å². The van der Waals surface area contributed by atoms with Gasteiger partial charge >= 0.3 is 0 Å². The smallest absolute Gasteiger partial charge is 0.259 e. The molecular weight excluding hydrogens is 216 g/mol. The van der Waals surface area contributed by atoms with Gasteiger partial charge in [0.15, 0.2) is 6.61 Å². The fourth-order valence-electron chi connectivity index (χ4n) is 1.41. The topological polar surface area (TPSA) is 55.6 Å². The summed E-state index contributed by atoms with van der Waals surface area (Å²) >= 11 is 0. The molecule has 0 heterocycles. The van der Waals surface area contributed by atoms with Gasteiger partial charge in [0.1, 0.15) is 5.75 Å². The van der Waals surface area contributed by atoms with Crippen molar-refractivity contribution in [2.75, 3.05) is 20.7 Å². The van der Waals surface area contributed by atoms with Gasteiger partial charge in [-0.25, -0.2) is 0 Å². The van der Waals surface area contributed by atoms with Gasteiger partial charge in [-0.1, -0.05) is 25.1 Å². The lowest BCUT2D eigenvalue weighted by atomic mass is 10.0. The highest BCUT2D eigenvalue weighted by atomic mass is 16.5. The van der Waals surface area contributed by atoms with Crippen molar-refractivity contribution in [3.63, 3.8) is 0 Å². The van der Waals surface area contributed by atoms with E-state index in [0.29, 0.717) is 5.75 Å². The molecule has 0 aromatic heterocycles. The first kappa shape index (κ1) is 13.5. The van der Waals surface area contributed by atoms with Crippen LogP contribution in [0.2, 0.25) is 0 Å². The molecule has 0 aliphatic carbocycles. The second-order valence-corrected chi connectivity index (χ2v) is 4.13. The van der Waals surface area contributed by atoms with Crippen LogP contribution in [0.25, 0.3) is 0 Å². The van der Waals surface area contributed by atoms with Crippen molar-refractivity contribution < 1.29 is 9.53 Å². The van der Waals surface area contributed by atoms with Crippen molar-refractivity contribution in [1.29, 1.82) is 0 Å². The Hall–Kier alpha value is -1.55. The number of ether oxygens (including phenoxy) is 1. The molecule has 94 valence electrons. The first-order chi connectivity index (χ1) is 8.06. The van der Waals surface area contributed by atoms with Crippen LogP contribution < -0.4 is 10.5 Å². The molecule has 1 atom stereocenters. The summed E-state index contributed by atoms with van der Waals surface area (Å²) in [5.41, 5.74) is 6.93. The molecule has 4 nitrogen and oxygen atoms in total. The van der Waals surface area contributed by atoms with Crippen molar-refractivity contribution in [1.82, 2.24) is 4.90 Å². The van der Waals surface area contributed by atoms with Crippen molar-refractivity contribution >= 4 is 5.91 Å². The number of hydrogen-bond donors (Lipinski definition) is 1. The Morgan fingerprint density at radius 1 is 1.41 bits per heavy atom. The summed E-state index contributed by atoms with van der Waals surface area (Å²) in [6.45, 7) is 2.06. The maximum Gasteiger partial charge on any atom is 0.259 e. The van der Waals surface area contributed by atoms with E-state index in [1.165, 1.54) is 4.90 Å². The standard InChI is InChI=1S/C13H20N2O2/c1-4-11(14)10-7-5-6-8-12(10)17-9-13(16)15(2)3/h5-8,11H,4,9,14H2,1-3H3/t11-/m1/s1. The maximum atomic E-state index is 11.4. The number of benzene rings is 1. The van der Waals surface area contributed by atoms with Gasteiger partial charge in [-0.2, -0.15) is 0 Å². The lowest BCUT2D eigenvalue weighted by Gasteiger charge is -2.16. The molecule has 17 heavy (non-hydrogen) atoms. The zero-order valence-electron chi connectivity index (χ0n) is 10.6. The molecule has 1 rings (SSSR count). The molecule has 1 aromatic carbocycles. The Bertz CT molecular complexity index is 377. The molecule has 1 amide bonds. The molecule has 2 N–H and O–H groups in total. The van der Waals surface area contributed by atoms with E-state index in [2.05, 4.69) is 0 Å². The zero-order chi connectivity index (χ0) is 12.8. The summed E-state index contributed by atoms with van der Waals surface area (Å²) in [6, 6.07) is 7.52. The molecule has 0 saturated heterocycles. The maximum absolute atomic E-state index is 11.4. The number of carbonyl (C=O) groups excluding carboxylic acids is 1. The highest BCUT2D eigenvalue weighted by molar-refractivity contribution is 5.77. The summed E-state index contributed by atoms with van der Waals surface area (Å²) in [7, 11) is 3.41. The largest absolute Gasteiger partial charge is 0.483 e. The quantitative estimate of drug-likeness (QED) is 0.844. The number of carbonyl (C=O) groups is 1. The first-order valence-corrected chi connectivity index (χ1v) is 5.73. The number of nitrogens with two attached hydrogens (primary N) is 1. The summed E-state index contributed by atoms with van der Waals surface area (Å²) in [5.74, 6) is 0.627. The van der Waals surface area contributed by atoms with E-state index < -0.39 is 0 Å². The Labute approximate surface area is 102 Å². The number of hydrogen-bond acceptors (Lipinski definition) is 3. The number of para-hydroxylation sites is 1. The highest BCUT2D eigenvalue weighted by Gasteiger charge is 2.11. The van der Waals surface area contributed by atoms with Gasteiger partial charge in [-0.3, -0.25) is 4.79 Å². The molecule has 0 saturated carbocycles. The number of amides is 1. The minimum Gasteiger partial charge on any atom is -0.483 e. The van der Waals surface area contributed by atoms with Crippen LogP contribution in [0.15, 0.2) is 24.3 Å². The summed E-state index contributed by atoms with van der Waals surface area (Å²) < 4.78 is 5.51. The van der Waals surface area contributed by atoms with E-state index in [1.807, 2.05) is 31.2 Å². The summed E-state index contributed by atoms with van der Waals surface area (Å²) in [4.78, 5) is 12.9. The number of nitrogens with zero attached hydrogens (tertiary/aromatic N) is 1. The minimum absolute atomic E-state index is 0.0421. The van der Waals surface area contributed by atoms with Crippen LogP contribution >= 0.6 is 0 Å². The van der Waals surface area contributed by atoms with E-state index in [4.69, 9.17) is 10.5 Å². The molecule has 0 bridgehead atoms. The van der Waals surface area contributed by atoms with Crippen LogP contribution in [-0.2, 0) is 4.79 Å². The van der Waals surface area contributed by atoms with E-state index in [1.54, 1.807) is 14.1 Å². The third kappa shape index (κ3) is 3.75. The second-order valence-electron chi connectivity index (χ2n) is 4.13. The Morgan fingerprint density at radius 2 is 2.06 bits per heavy atom. The molecule has 0 aliphatic rings. The first-order valence-electron chi connectivity index (χ1n) is 5.73. The molecule has 0 spiro atoms. The molecule has 0 aliphatic heterocycles. The van der Waals surface area contributed by atoms with Crippen LogP contribution in [0.1, 0.15) is 24.9 Å². The van der Waals surface area contributed by atoms with E-state index in [0.717, 1.165) is 12.0 Å². The summed E-state index contributed by atoms with van der Waals surface area (Å²) in [5, 5.41) is 0. The lowest BCUT2D eigenvalue weighted by molar-refractivity contribution is -0.130. The fourth-order valence-corrected chi connectivity index (χ4v) is 1.41. The predicted octanol–water partition coefficient (Wildman–Crippen LogP) is 1.56. The van der Waals surface area contributed by atoms with Crippen molar-refractivity contribution in [2.24, 2.45) is 5.73 Å². The van der Waals surface area contributed by atoms with Gasteiger partial charge in [0, 0.05) is 25.7 Å². The van der Waals surface area contributed by atoms with Crippen molar-refractivity contribution in [3.8, 4) is 5.75 Å². The van der Waals surface area contributed by atoms with Crippen LogP contribution in [-0.4, -0.2) is 31.5 Å². The van der Waals surface area contributed by atoms with Gasteiger partial charge in [0.05, 0.1) is 0 Å². The van der Waals surface area contributed by atoms with Gasteiger partial charge in [0.2, 0.25) is 0 Å². The fraction of sp³-hybridized carbons (Fsp3) is 0.462. The second kappa shape index (κ2) is 6.25. The summed E-state index contributed by atoms with van der Waals surface area (Å²) in [6.07, 6.45) is 0.835. The molecule has 0 unspecified atom stereocenters. The average Bonchev–Trinajstić information content (AvgIpc) is 2.35. The zero-order valence-corrected chi connectivity index (χ0v) is 10.6. The SMILES string of the molecule is CC[C@@H](N)c1ccccc1OCC(=O)N(C)C. The number of rotatable bonds is 5. The molecule has 0 fully saturated rings. The van der Waals surface area contributed by atoms with E-state index in [9.17, 15) is 4.79 Å². The normalized spacial score (nSPS) is 12.0. The Morgan fingerprint density at radius 3 is 2.65 bits per heavy atom. The van der Waals surface area contributed by atoms with Gasteiger partial charge < -0.3 is 15.4 Å². The van der Waals surface area contributed by atoms with Crippen molar-refractivity contribution in [2.45, 2.75) is 19.4 Å². The number of likely N-dealkylation sites (N-methyl/N-ethyl adjacent to an activating group) is 1. The average molecular weight is 236 g/mol. The Kier molecular flexibility index (Phi) is 4.97. The van der Waals surface area contributed by atoms with E-state index >= 15 is 0 Å². The van der Waals surface area contributed by atoms with Crippen LogP contribution in [0, 0.1) is 0 Å². The minimum atomic E-state index is -0.0649. The van der Waals surface area contributed by atoms with Crippen LogP contribution in [0.4, 0.5) is 0 Å². The van der Waals surface area contributed by atoms with Crippen molar-refractivity contribution in [3.05, 3.63) is 29.8 Å². The third-order valence-electron chi connectivity index (χ3n) is 2.61. The van der Waals surface area contributed by atoms with Crippen LogP contribution in [0.3, 0.4) is 0 Å². The highest BCUT2D eigenvalue weighted by Crippen LogP contribution is 2.25. The monoisotopic (exact) mass is 236 g/mol. The molecule has 1 aromatic rings. The van der Waals surface area contributed by atoms with E-state index in [-0.39, 0.29) is 18.6 Å². The van der Waals surface area contributed by atoms with Gasteiger partial charge in [0.25, 0.3) is 5.91 Å². The molecular formula is C13H20N2O2. The third-order valence-corrected chi connectivity index (χ3v) is 2.61. The van der Waals surface area contributed by atoms with Gasteiger partial charge in [-0.05, 0) is 12.5 Å². The molecule has 4 heteroatoms.